The number of halogens is 2. The zero-order valence-corrected chi connectivity index (χ0v) is 16.6. The van der Waals surface area contributed by atoms with Crippen LogP contribution in [0.1, 0.15) is 16.7 Å². The van der Waals surface area contributed by atoms with Gasteiger partial charge in [0.1, 0.15) is 5.82 Å². The lowest BCUT2D eigenvalue weighted by Gasteiger charge is -2.36. The SMILES string of the molecule is Cc1ccc(NC(=S)N2CCN(Cc3ccc(F)c(Cl)c3)CC2)c(C)c1. The molecule has 0 amide bonds. The van der Waals surface area contributed by atoms with Gasteiger partial charge in [-0.1, -0.05) is 35.4 Å². The number of piperazine rings is 1. The largest absolute Gasteiger partial charge is 0.346 e. The first kappa shape index (κ1) is 19.1. The molecule has 6 heteroatoms. The van der Waals surface area contributed by atoms with Crippen LogP contribution in [-0.4, -0.2) is 41.1 Å². The van der Waals surface area contributed by atoms with E-state index >= 15 is 0 Å². The van der Waals surface area contributed by atoms with Crippen molar-refractivity contribution >= 4 is 34.6 Å². The fourth-order valence-corrected chi connectivity index (χ4v) is 3.65. The summed E-state index contributed by atoms with van der Waals surface area (Å²) in [6.07, 6.45) is 0. The van der Waals surface area contributed by atoms with Crippen molar-refractivity contribution in [3.63, 3.8) is 0 Å². The Morgan fingerprint density at radius 2 is 1.85 bits per heavy atom. The molecule has 1 saturated heterocycles. The van der Waals surface area contributed by atoms with Crippen LogP contribution in [0.2, 0.25) is 5.02 Å². The van der Waals surface area contributed by atoms with Crippen LogP contribution >= 0.6 is 23.8 Å². The molecule has 0 unspecified atom stereocenters. The van der Waals surface area contributed by atoms with Gasteiger partial charge in [-0.05, 0) is 55.4 Å². The maximum absolute atomic E-state index is 13.3. The third-order valence-corrected chi connectivity index (χ3v) is 5.32. The van der Waals surface area contributed by atoms with Gasteiger partial charge in [0.05, 0.1) is 5.02 Å². The highest BCUT2D eigenvalue weighted by Crippen LogP contribution is 2.19. The normalized spacial score (nSPS) is 15.2. The molecule has 1 N–H and O–H groups in total. The zero-order chi connectivity index (χ0) is 18.7. The van der Waals surface area contributed by atoms with E-state index in [1.807, 2.05) is 0 Å². The van der Waals surface area contributed by atoms with Crippen molar-refractivity contribution < 1.29 is 4.39 Å². The molecule has 0 aromatic heterocycles. The Morgan fingerprint density at radius 3 is 2.50 bits per heavy atom. The maximum atomic E-state index is 13.3. The second-order valence-corrected chi connectivity index (χ2v) is 7.55. The number of aryl methyl sites for hydroxylation is 2. The van der Waals surface area contributed by atoms with Crippen molar-refractivity contribution in [2.45, 2.75) is 20.4 Å². The Morgan fingerprint density at radius 1 is 1.12 bits per heavy atom. The summed E-state index contributed by atoms with van der Waals surface area (Å²) in [4.78, 5) is 4.53. The van der Waals surface area contributed by atoms with E-state index in [9.17, 15) is 4.39 Å². The fraction of sp³-hybridized carbons (Fsp3) is 0.350. The molecule has 2 aromatic rings. The van der Waals surface area contributed by atoms with E-state index in [0.717, 1.165) is 49.1 Å². The molecule has 0 spiro atoms. The van der Waals surface area contributed by atoms with Crippen LogP contribution in [0.15, 0.2) is 36.4 Å². The standard InChI is InChI=1S/C20H23ClFN3S/c1-14-3-6-19(15(2)11-14)23-20(26)25-9-7-24(8-10-25)13-16-4-5-18(22)17(21)12-16/h3-6,11-12H,7-10,13H2,1-2H3,(H,23,26). The van der Waals surface area contributed by atoms with E-state index in [1.165, 1.54) is 17.2 Å². The van der Waals surface area contributed by atoms with Crippen LogP contribution in [-0.2, 0) is 6.54 Å². The van der Waals surface area contributed by atoms with Crippen molar-refractivity contribution in [3.05, 3.63) is 63.9 Å². The molecule has 2 aromatic carbocycles. The molecule has 0 aliphatic carbocycles. The molecule has 0 radical (unpaired) electrons. The molecule has 3 nitrogen and oxygen atoms in total. The Balaban J connectivity index is 1.52. The Labute approximate surface area is 164 Å². The van der Waals surface area contributed by atoms with E-state index in [4.69, 9.17) is 23.8 Å². The minimum absolute atomic E-state index is 0.181. The molecule has 1 fully saturated rings. The van der Waals surface area contributed by atoms with Gasteiger partial charge >= 0.3 is 0 Å². The first-order valence-electron chi connectivity index (χ1n) is 8.72. The van der Waals surface area contributed by atoms with Gasteiger partial charge in [-0.15, -0.1) is 0 Å². The topological polar surface area (TPSA) is 18.5 Å². The molecule has 26 heavy (non-hydrogen) atoms. The molecule has 0 bridgehead atoms. The van der Waals surface area contributed by atoms with Crippen LogP contribution in [0.25, 0.3) is 0 Å². The van der Waals surface area contributed by atoms with Gasteiger partial charge in [0.15, 0.2) is 5.11 Å². The third-order valence-electron chi connectivity index (χ3n) is 4.67. The quantitative estimate of drug-likeness (QED) is 0.770. The molecule has 1 aliphatic rings. The second kappa shape index (κ2) is 8.33. The number of nitrogens with one attached hydrogen (secondary N) is 1. The number of hydrogen-bond donors (Lipinski definition) is 1. The highest BCUT2D eigenvalue weighted by molar-refractivity contribution is 7.80. The number of nitrogens with zero attached hydrogens (tertiary/aromatic N) is 2. The summed E-state index contributed by atoms with van der Waals surface area (Å²) < 4.78 is 13.3. The summed E-state index contributed by atoms with van der Waals surface area (Å²) >= 11 is 11.5. The predicted molar refractivity (Wildman–Crippen MR) is 110 cm³/mol. The van der Waals surface area contributed by atoms with Gasteiger partial charge in [-0.2, -0.15) is 0 Å². The smallest absolute Gasteiger partial charge is 0.173 e. The number of benzene rings is 2. The van der Waals surface area contributed by atoms with Gasteiger partial charge < -0.3 is 10.2 Å². The summed E-state index contributed by atoms with van der Waals surface area (Å²) in [5.74, 6) is -0.372. The Bertz CT molecular complexity index is 804. The minimum Gasteiger partial charge on any atom is -0.346 e. The van der Waals surface area contributed by atoms with Crippen molar-refractivity contribution in [1.82, 2.24) is 9.80 Å². The van der Waals surface area contributed by atoms with Crippen molar-refractivity contribution in [1.29, 1.82) is 0 Å². The minimum atomic E-state index is -0.372. The Hall–Kier alpha value is -1.69. The van der Waals surface area contributed by atoms with Crippen LogP contribution in [0.5, 0.6) is 0 Å². The summed E-state index contributed by atoms with van der Waals surface area (Å²) in [5, 5.41) is 4.31. The van der Waals surface area contributed by atoms with Crippen LogP contribution < -0.4 is 5.32 Å². The highest BCUT2D eigenvalue weighted by Gasteiger charge is 2.19. The van der Waals surface area contributed by atoms with E-state index in [1.54, 1.807) is 12.1 Å². The van der Waals surface area contributed by atoms with Gasteiger partial charge in [-0.25, -0.2) is 4.39 Å². The predicted octanol–water partition coefficient (Wildman–Crippen LogP) is 4.61. The lowest BCUT2D eigenvalue weighted by molar-refractivity contribution is 0.177. The summed E-state index contributed by atoms with van der Waals surface area (Å²) in [5.41, 5.74) is 4.53. The van der Waals surface area contributed by atoms with Crippen molar-refractivity contribution in [2.75, 3.05) is 31.5 Å². The average molecular weight is 392 g/mol. The third kappa shape index (κ3) is 4.72. The molecule has 3 rings (SSSR count). The molecule has 138 valence electrons. The maximum Gasteiger partial charge on any atom is 0.173 e. The van der Waals surface area contributed by atoms with Crippen LogP contribution in [0, 0.1) is 19.7 Å². The fourth-order valence-electron chi connectivity index (χ4n) is 3.15. The zero-order valence-electron chi connectivity index (χ0n) is 15.1. The molecule has 1 heterocycles. The number of thiocarbonyl (C=S) groups is 1. The number of rotatable bonds is 3. The monoisotopic (exact) mass is 391 g/mol. The molecule has 1 aliphatic heterocycles. The van der Waals surface area contributed by atoms with Crippen LogP contribution in [0.3, 0.4) is 0 Å². The summed E-state index contributed by atoms with van der Waals surface area (Å²) in [6.45, 7) is 8.49. The van der Waals surface area contributed by atoms with Gasteiger partial charge in [-0.3, -0.25) is 4.90 Å². The van der Waals surface area contributed by atoms with Crippen molar-refractivity contribution in [2.24, 2.45) is 0 Å². The van der Waals surface area contributed by atoms with E-state index < -0.39 is 0 Å². The van der Waals surface area contributed by atoms with Gasteiger partial charge in [0, 0.05) is 38.4 Å². The van der Waals surface area contributed by atoms with E-state index in [0.29, 0.717) is 0 Å². The van der Waals surface area contributed by atoms with E-state index in [-0.39, 0.29) is 10.8 Å². The highest BCUT2D eigenvalue weighted by atomic mass is 35.5. The lowest BCUT2D eigenvalue weighted by Crippen LogP contribution is -2.49. The molecule has 0 atom stereocenters. The summed E-state index contributed by atoms with van der Waals surface area (Å²) in [7, 11) is 0. The van der Waals surface area contributed by atoms with Crippen molar-refractivity contribution in [3.8, 4) is 0 Å². The molecule has 0 saturated carbocycles. The molecular formula is C20H23ClFN3S. The lowest BCUT2D eigenvalue weighted by atomic mass is 10.1. The van der Waals surface area contributed by atoms with Crippen LogP contribution in [0.4, 0.5) is 10.1 Å². The summed E-state index contributed by atoms with van der Waals surface area (Å²) in [6, 6.07) is 11.2. The molecular weight excluding hydrogens is 369 g/mol. The number of anilines is 1. The Kier molecular flexibility index (Phi) is 6.12. The average Bonchev–Trinajstić information content (AvgIpc) is 2.61. The number of hydrogen-bond acceptors (Lipinski definition) is 2. The van der Waals surface area contributed by atoms with Gasteiger partial charge in [0.25, 0.3) is 0 Å². The van der Waals surface area contributed by atoms with Gasteiger partial charge in [0.2, 0.25) is 0 Å². The second-order valence-electron chi connectivity index (χ2n) is 6.76. The first-order valence-corrected chi connectivity index (χ1v) is 9.50. The van der Waals surface area contributed by atoms with E-state index in [2.05, 4.69) is 47.2 Å². The first-order chi connectivity index (χ1) is 12.4.